The summed E-state index contributed by atoms with van der Waals surface area (Å²) in [6.07, 6.45) is 0.952. The lowest BCUT2D eigenvalue weighted by Gasteiger charge is -2.13. The first-order valence-electron chi connectivity index (χ1n) is 6.72. The summed E-state index contributed by atoms with van der Waals surface area (Å²) in [4.78, 5) is 8.48. The van der Waals surface area contributed by atoms with Crippen LogP contribution in [0, 0.1) is 25.5 Å². The fourth-order valence-corrected chi connectivity index (χ4v) is 1.82. The van der Waals surface area contributed by atoms with Crippen LogP contribution < -0.4 is 10.1 Å². The van der Waals surface area contributed by atoms with Crippen molar-refractivity contribution in [1.29, 1.82) is 0 Å². The monoisotopic (exact) mass is 293 g/mol. The number of halogens is 2. The highest BCUT2D eigenvalue weighted by Gasteiger charge is 2.12. The summed E-state index contributed by atoms with van der Waals surface area (Å²) in [7, 11) is 0. The van der Waals surface area contributed by atoms with E-state index in [-0.39, 0.29) is 11.6 Å². The molecule has 2 aromatic rings. The Balaban J connectivity index is 2.32. The topological polar surface area (TPSA) is 47.0 Å². The molecule has 0 aliphatic heterocycles. The molecule has 0 fully saturated rings. The van der Waals surface area contributed by atoms with Crippen LogP contribution in [0.4, 0.5) is 14.6 Å². The van der Waals surface area contributed by atoms with Gasteiger partial charge in [-0.05, 0) is 20.3 Å². The molecule has 2 rings (SSSR count). The highest BCUT2D eigenvalue weighted by molar-refractivity contribution is 5.49. The lowest BCUT2D eigenvalue weighted by atomic mass is 10.3. The van der Waals surface area contributed by atoms with Gasteiger partial charge in [-0.15, -0.1) is 0 Å². The molecule has 0 radical (unpaired) electrons. The molecule has 1 heterocycles. The Morgan fingerprint density at radius 2 is 1.76 bits per heavy atom. The molecule has 0 aliphatic rings. The third-order valence-corrected chi connectivity index (χ3v) is 2.81. The zero-order valence-electron chi connectivity index (χ0n) is 12.2. The molecule has 0 saturated heterocycles. The predicted molar refractivity (Wildman–Crippen MR) is 76.7 cm³/mol. The molecule has 0 unspecified atom stereocenters. The van der Waals surface area contributed by atoms with Crippen LogP contribution in [0.25, 0.3) is 0 Å². The Morgan fingerprint density at radius 3 is 2.38 bits per heavy atom. The summed E-state index contributed by atoms with van der Waals surface area (Å²) in [6, 6.07) is 3.01. The lowest BCUT2D eigenvalue weighted by Crippen LogP contribution is -2.07. The van der Waals surface area contributed by atoms with Gasteiger partial charge >= 0.3 is 0 Å². The van der Waals surface area contributed by atoms with Crippen molar-refractivity contribution in [2.45, 2.75) is 27.2 Å². The molecule has 4 nitrogen and oxygen atoms in total. The van der Waals surface area contributed by atoms with E-state index in [9.17, 15) is 8.78 Å². The van der Waals surface area contributed by atoms with Crippen LogP contribution in [0.1, 0.15) is 24.7 Å². The molecule has 1 N–H and O–H groups in total. The van der Waals surface area contributed by atoms with Gasteiger partial charge < -0.3 is 10.1 Å². The molecule has 0 spiro atoms. The Kier molecular flexibility index (Phi) is 4.67. The number of rotatable bonds is 5. The second-order valence-corrected chi connectivity index (χ2v) is 4.68. The molecule has 21 heavy (non-hydrogen) atoms. The van der Waals surface area contributed by atoms with Crippen LogP contribution in [-0.2, 0) is 0 Å². The van der Waals surface area contributed by atoms with Crippen LogP contribution in [0.3, 0.4) is 0 Å². The summed E-state index contributed by atoms with van der Waals surface area (Å²) >= 11 is 0. The number of aryl methyl sites for hydroxylation is 1. The Hall–Kier alpha value is -2.24. The molecule has 1 aromatic heterocycles. The first-order chi connectivity index (χ1) is 9.99. The van der Waals surface area contributed by atoms with Gasteiger partial charge in [-0.2, -0.15) is 4.98 Å². The van der Waals surface area contributed by atoms with Gasteiger partial charge in [-0.3, -0.25) is 0 Å². The van der Waals surface area contributed by atoms with Crippen molar-refractivity contribution < 1.29 is 13.5 Å². The summed E-state index contributed by atoms with van der Waals surface area (Å²) in [5.41, 5.74) is 0.693. The van der Waals surface area contributed by atoms with Crippen LogP contribution in [0.15, 0.2) is 18.2 Å². The number of aromatic nitrogens is 2. The number of hydrogen-bond acceptors (Lipinski definition) is 4. The maximum absolute atomic E-state index is 13.2. The smallest absolute Gasteiger partial charge is 0.227 e. The van der Waals surface area contributed by atoms with E-state index in [2.05, 4.69) is 15.3 Å². The van der Waals surface area contributed by atoms with E-state index in [4.69, 9.17) is 4.74 Å². The van der Waals surface area contributed by atoms with E-state index in [0.29, 0.717) is 17.2 Å². The molecule has 0 saturated carbocycles. The number of nitrogens with zero attached hydrogens (tertiary/aromatic N) is 2. The lowest BCUT2D eigenvalue weighted by molar-refractivity contribution is 0.445. The van der Waals surface area contributed by atoms with Crippen molar-refractivity contribution >= 4 is 5.82 Å². The van der Waals surface area contributed by atoms with Crippen LogP contribution in [0.5, 0.6) is 11.6 Å². The van der Waals surface area contributed by atoms with Crippen LogP contribution >= 0.6 is 0 Å². The number of hydrogen-bond donors (Lipinski definition) is 1. The molecular formula is C15H17F2N3O. The van der Waals surface area contributed by atoms with Gasteiger partial charge in [-0.25, -0.2) is 13.8 Å². The van der Waals surface area contributed by atoms with Gasteiger partial charge in [0.1, 0.15) is 29.0 Å². The molecule has 0 amide bonds. The van der Waals surface area contributed by atoms with Gasteiger partial charge in [0.2, 0.25) is 5.88 Å². The SMILES string of the molecule is CCCNc1nc(C)nc(Oc2cc(F)cc(F)c2)c1C. The van der Waals surface area contributed by atoms with Crippen molar-refractivity contribution in [3.63, 3.8) is 0 Å². The second-order valence-electron chi connectivity index (χ2n) is 4.68. The Morgan fingerprint density at radius 1 is 1.10 bits per heavy atom. The van der Waals surface area contributed by atoms with E-state index in [1.54, 1.807) is 13.8 Å². The first-order valence-corrected chi connectivity index (χ1v) is 6.72. The standard InChI is InChI=1S/C15H17F2N3O/c1-4-5-18-14-9(2)15(20-10(3)19-14)21-13-7-11(16)6-12(17)8-13/h6-8H,4-5H2,1-3H3,(H,18,19,20). The second kappa shape index (κ2) is 6.47. The van der Waals surface area contributed by atoms with Crippen molar-refractivity contribution in [1.82, 2.24) is 9.97 Å². The summed E-state index contributed by atoms with van der Waals surface area (Å²) in [6.45, 7) is 6.34. The van der Waals surface area contributed by atoms with E-state index in [1.165, 1.54) is 0 Å². The maximum atomic E-state index is 13.2. The molecule has 1 aromatic carbocycles. The third-order valence-electron chi connectivity index (χ3n) is 2.81. The quantitative estimate of drug-likeness (QED) is 0.905. The zero-order chi connectivity index (χ0) is 15.4. The van der Waals surface area contributed by atoms with Crippen molar-refractivity contribution in [3.8, 4) is 11.6 Å². The van der Waals surface area contributed by atoms with Crippen molar-refractivity contribution in [2.24, 2.45) is 0 Å². The average molecular weight is 293 g/mol. The summed E-state index contributed by atoms with van der Waals surface area (Å²) in [5.74, 6) is 0.138. The number of benzene rings is 1. The summed E-state index contributed by atoms with van der Waals surface area (Å²) in [5, 5.41) is 3.17. The van der Waals surface area contributed by atoms with Gasteiger partial charge in [0.25, 0.3) is 0 Å². The van der Waals surface area contributed by atoms with Gasteiger partial charge in [-0.1, -0.05) is 6.92 Å². The highest BCUT2D eigenvalue weighted by atomic mass is 19.1. The van der Waals surface area contributed by atoms with E-state index >= 15 is 0 Å². The van der Waals surface area contributed by atoms with Crippen LogP contribution in [-0.4, -0.2) is 16.5 Å². The largest absolute Gasteiger partial charge is 0.438 e. The third kappa shape index (κ3) is 3.87. The van der Waals surface area contributed by atoms with E-state index in [0.717, 1.165) is 31.2 Å². The van der Waals surface area contributed by atoms with E-state index in [1.807, 2.05) is 6.92 Å². The number of anilines is 1. The summed E-state index contributed by atoms with van der Waals surface area (Å²) < 4.78 is 31.9. The van der Waals surface area contributed by atoms with Crippen molar-refractivity contribution in [2.75, 3.05) is 11.9 Å². The maximum Gasteiger partial charge on any atom is 0.227 e. The van der Waals surface area contributed by atoms with E-state index < -0.39 is 11.6 Å². The molecule has 6 heteroatoms. The number of ether oxygens (including phenoxy) is 1. The Bertz CT molecular complexity index is 627. The van der Waals surface area contributed by atoms with Gasteiger partial charge in [0.05, 0.1) is 5.56 Å². The zero-order valence-corrected chi connectivity index (χ0v) is 12.2. The number of nitrogens with one attached hydrogen (secondary N) is 1. The minimum atomic E-state index is -0.697. The van der Waals surface area contributed by atoms with Crippen molar-refractivity contribution in [3.05, 3.63) is 41.2 Å². The average Bonchev–Trinajstić information content (AvgIpc) is 2.39. The predicted octanol–water partition coefficient (Wildman–Crippen LogP) is 3.99. The molecular weight excluding hydrogens is 276 g/mol. The minimum Gasteiger partial charge on any atom is -0.438 e. The highest BCUT2D eigenvalue weighted by Crippen LogP contribution is 2.28. The molecule has 0 atom stereocenters. The molecule has 0 bridgehead atoms. The van der Waals surface area contributed by atoms with Gasteiger partial charge in [0.15, 0.2) is 0 Å². The van der Waals surface area contributed by atoms with Gasteiger partial charge in [0, 0.05) is 24.7 Å². The fraction of sp³-hybridized carbons (Fsp3) is 0.333. The molecule has 112 valence electrons. The molecule has 0 aliphatic carbocycles. The Labute approximate surface area is 122 Å². The normalized spacial score (nSPS) is 10.5. The first kappa shape index (κ1) is 15.2. The van der Waals surface area contributed by atoms with Crippen LogP contribution in [0.2, 0.25) is 0 Å². The minimum absolute atomic E-state index is 0.0649. The fourth-order valence-electron chi connectivity index (χ4n) is 1.82.